The van der Waals surface area contributed by atoms with Gasteiger partial charge in [-0.05, 0) is 61.9 Å². The highest BCUT2D eigenvalue weighted by molar-refractivity contribution is 7.92. The lowest BCUT2D eigenvalue weighted by molar-refractivity contribution is -0.142. The molecule has 5 rings (SSSR count). The van der Waals surface area contributed by atoms with Crippen LogP contribution in [-0.4, -0.2) is 48.5 Å². The summed E-state index contributed by atoms with van der Waals surface area (Å²) >= 11 is 0. The molecule has 2 aromatic carbocycles. The molecular weight excluding hydrogens is 557 g/mol. The number of hydrogen-bond acceptors (Lipinski definition) is 5. The third-order valence-electron chi connectivity index (χ3n) is 7.94. The first kappa shape index (κ1) is 28.0. The molecule has 0 unspecified atom stereocenters. The van der Waals surface area contributed by atoms with E-state index in [1.54, 1.807) is 6.92 Å². The van der Waals surface area contributed by atoms with Crippen LogP contribution < -0.4 is 5.32 Å². The molecule has 3 aliphatic rings. The van der Waals surface area contributed by atoms with Gasteiger partial charge < -0.3 is 10.2 Å². The third kappa shape index (κ3) is 4.93. The topological polar surface area (TPSA) is 107 Å². The van der Waals surface area contributed by atoms with Gasteiger partial charge in [-0.1, -0.05) is 13.0 Å². The van der Waals surface area contributed by atoms with E-state index in [9.17, 15) is 45.2 Å². The zero-order valence-electron chi connectivity index (χ0n) is 21.2. The molecule has 7 nitrogen and oxygen atoms in total. The Hall–Kier alpha value is -3.53. The Kier molecular flexibility index (Phi) is 6.48. The van der Waals surface area contributed by atoms with E-state index in [4.69, 9.17) is 0 Å². The molecule has 2 aromatic rings. The molecule has 1 heterocycles. The van der Waals surface area contributed by atoms with Crippen molar-refractivity contribution < 1.29 is 40.0 Å². The van der Waals surface area contributed by atoms with Gasteiger partial charge in [0.15, 0.2) is 9.84 Å². The second-order valence-electron chi connectivity index (χ2n) is 11.0. The third-order valence-corrected chi connectivity index (χ3v) is 10.1. The summed E-state index contributed by atoms with van der Waals surface area (Å²) in [6.07, 6.45) is -3.78. The number of nitrogens with zero attached hydrogens (tertiary/aromatic N) is 2. The molecule has 2 aliphatic carbocycles. The van der Waals surface area contributed by atoms with Gasteiger partial charge in [0.1, 0.15) is 23.2 Å². The quantitative estimate of drug-likeness (QED) is 0.510. The highest BCUT2D eigenvalue weighted by atomic mass is 32.2. The summed E-state index contributed by atoms with van der Waals surface area (Å²) in [5, 5.41) is 10.4. The van der Waals surface area contributed by atoms with E-state index in [1.807, 2.05) is 6.07 Å². The van der Waals surface area contributed by atoms with Crippen molar-refractivity contribution in [2.45, 2.75) is 66.9 Å². The van der Waals surface area contributed by atoms with Crippen molar-refractivity contribution in [3.8, 4) is 17.2 Å². The molecule has 212 valence electrons. The van der Waals surface area contributed by atoms with Gasteiger partial charge in [0.05, 0.1) is 21.8 Å². The summed E-state index contributed by atoms with van der Waals surface area (Å²) in [4.78, 5) is 26.4. The summed E-state index contributed by atoms with van der Waals surface area (Å²) in [5.74, 6) is -3.25. The maximum Gasteiger partial charge on any atom is 0.417 e. The Morgan fingerprint density at radius 2 is 1.75 bits per heavy atom. The predicted octanol–water partition coefficient (Wildman–Crippen LogP) is 4.37. The second-order valence-corrected chi connectivity index (χ2v) is 13.1. The predicted molar refractivity (Wildman–Crippen MR) is 131 cm³/mol. The summed E-state index contributed by atoms with van der Waals surface area (Å²) < 4.78 is 97.4. The van der Waals surface area contributed by atoms with Gasteiger partial charge in [0.25, 0.3) is 0 Å². The smallest absolute Gasteiger partial charge is 0.336 e. The molecule has 0 radical (unpaired) electrons. The van der Waals surface area contributed by atoms with E-state index in [0.29, 0.717) is 43.9 Å². The zero-order chi connectivity index (χ0) is 29.3. The molecule has 1 saturated heterocycles. The fourth-order valence-electron chi connectivity index (χ4n) is 5.02. The minimum Gasteiger partial charge on any atom is -0.336 e. The van der Waals surface area contributed by atoms with Crippen LogP contribution in [-0.2, 0) is 25.6 Å². The van der Waals surface area contributed by atoms with Crippen LogP contribution in [0.25, 0.3) is 11.1 Å². The van der Waals surface area contributed by atoms with Crippen molar-refractivity contribution in [3.63, 3.8) is 0 Å². The van der Waals surface area contributed by atoms with Gasteiger partial charge in [0, 0.05) is 23.6 Å². The lowest BCUT2D eigenvalue weighted by Crippen LogP contribution is -2.50. The summed E-state index contributed by atoms with van der Waals surface area (Å²) in [7, 11) is -4.77. The van der Waals surface area contributed by atoms with Gasteiger partial charge in [-0.3, -0.25) is 9.59 Å². The summed E-state index contributed by atoms with van der Waals surface area (Å²) in [6.45, 7) is 1.17. The molecular formula is C27H24F5N3O4S. The standard InChI is InChI=1S/C27H24F5N3O4S/c1-25(6-7-25)24(37)35-13-17(12-21(35)23(36)34-26(14-33)8-9-26)40(38,39)22-5-2-15(10-19(22)27(30,31)32)18-4-3-16(28)11-20(18)29/h2-5,10-11,17,21H,6-9,12-13H2,1H3,(H,34,36)/t17-,21+/m1/s1. The fraction of sp³-hybridized carbons (Fsp3) is 0.444. The number of benzene rings is 2. The van der Waals surface area contributed by atoms with Gasteiger partial charge in [0.2, 0.25) is 11.8 Å². The number of carbonyl (C=O) groups excluding carboxylic acids is 2. The first-order chi connectivity index (χ1) is 18.6. The number of nitriles is 1. The first-order valence-electron chi connectivity index (χ1n) is 12.6. The number of likely N-dealkylation sites (tertiary alicyclic amines) is 1. The number of rotatable bonds is 6. The Bertz CT molecular complexity index is 1560. The molecule has 2 saturated carbocycles. The number of amides is 2. The Morgan fingerprint density at radius 1 is 1.07 bits per heavy atom. The number of hydrogen-bond donors (Lipinski definition) is 1. The highest BCUT2D eigenvalue weighted by Gasteiger charge is 2.55. The Labute approximate surface area is 226 Å². The number of alkyl halides is 3. The molecule has 0 aromatic heterocycles. The molecule has 1 aliphatic heterocycles. The van der Waals surface area contributed by atoms with Crippen molar-refractivity contribution in [1.82, 2.24) is 10.2 Å². The monoisotopic (exact) mass is 581 g/mol. The van der Waals surface area contributed by atoms with Crippen LogP contribution in [0.4, 0.5) is 22.0 Å². The summed E-state index contributed by atoms with van der Waals surface area (Å²) in [5.41, 5.74) is -4.09. The van der Waals surface area contributed by atoms with Crippen molar-refractivity contribution in [3.05, 3.63) is 53.6 Å². The van der Waals surface area contributed by atoms with E-state index in [0.717, 1.165) is 23.1 Å². The van der Waals surface area contributed by atoms with Crippen molar-refractivity contribution in [2.75, 3.05) is 6.54 Å². The average Bonchev–Trinajstić information content (AvgIpc) is 3.78. The fourth-order valence-corrected chi connectivity index (χ4v) is 6.91. The Morgan fingerprint density at radius 3 is 2.30 bits per heavy atom. The van der Waals surface area contributed by atoms with Crippen LogP contribution in [0.3, 0.4) is 0 Å². The minimum atomic E-state index is -5.16. The Balaban J connectivity index is 1.51. The van der Waals surface area contributed by atoms with Crippen LogP contribution in [0.2, 0.25) is 0 Å². The van der Waals surface area contributed by atoms with E-state index < -0.39 is 85.1 Å². The van der Waals surface area contributed by atoms with Gasteiger partial charge in [-0.15, -0.1) is 0 Å². The lowest BCUT2D eigenvalue weighted by Gasteiger charge is -2.27. The normalized spacial score (nSPS) is 22.9. The maximum absolute atomic E-state index is 14.3. The van der Waals surface area contributed by atoms with E-state index in [2.05, 4.69) is 5.32 Å². The van der Waals surface area contributed by atoms with E-state index >= 15 is 0 Å². The van der Waals surface area contributed by atoms with Crippen LogP contribution in [0, 0.1) is 28.4 Å². The molecule has 0 spiro atoms. The SMILES string of the molecule is CC1(C(=O)N2C[C@H](S(=O)(=O)c3ccc(-c4ccc(F)cc4F)cc3C(F)(F)F)C[C@H]2C(=O)NC2(C#N)CC2)CC1. The van der Waals surface area contributed by atoms with Crippen molar-refractivity contribution in [1.29, 1.82) is 5.26 Å². The molecule has 2 atom stereocenters. The maximum atomic E-state index is 14.3. The van der Waals surface area contributed by atoms with Gasteiger partial charge in [-0.2, -0.15) is 18.4 Å². The first-order valence-corrected chi connectivity index (χ1v) is 14.1. The molecule has 13 heteroatoms. The molecule has 1 N–H and O–H groups in total. The number of sulfone groups is 1. The number of nitrogens with one attached hydrogen (secondary N) is 1. The van der Waals surface area contributed by atoms with E-state index in [-0.39, 0.29) is 11.1 Å². The number of halogens is 5. The van der Waals surface area contributed by atoms with E-state index in [1.165, 1.54) is 0 Å². The van der Waals surface area contributed by atoms with Crippen molar-refractivity contribution >= 4 is 21.7 Å². The largest absolute Gasteiger partial charge is 0.417 e. The van der Waals surface area contributed by atoms with Crippen LogP contribution in [0.15, 0.2) is 41.3 Å². The van der Waals surface area contributed by atoms with Crippen molar-refractivity contribution in [2.24, 2.45) is 5.41 Å². The molecule has 2 amide bonds. The lowest BCUT2D eigenvalue weighted by atomic mass is 10.0. The van der Waals surface area contributed by atoms with Gasteiger partial charge in [-0.25, -0.2) is 17.2 Å². The van der Waals surface area contributed by atoms with Gasteiger partial charge >= 0.3 is 6.18 Å². The summed E-state index contributed by atoms with van der Waals surface area (Å²) in [6, 6.07) is 5.22. The second kappa shape index (κ2) is 9.26. The highest BCUT2D eigenvalue weighted by Crippen LogP contribution is 2.48. The van der Waals surface area contributed by atoms with Crippen LogP contribution >= 0.6 is 0 Å². The minimum absolute atomic E-state index is 0.308. The molecule has 40 heavy (non-hydrogen) atoms. The van der Waals surface area contributed by atoms with Crippen LogP contribution in [0.1, 0.15) is 44.6 Å². The molecule has 0 bridgehead atoms. The zero-order valence-corrected chi connectivity index (χ0v) is 22.0. The van der Waals surface area contributed by atoms with Crippen LogP contribution in [0.5, 0.6) is 0 Å². The molecule has 3 fully saturated rings. The average molecular weight is 582 g/mol. The number of carbonyl (C=O) groups is 2.